The van der Waals surface area contributed by atoms with Crippen molar-refractivity contribution in [2.45, 2.75) is 33.6 Å². The summed E-state index contributed by atoms with van der Waals surface area (Å²) in [5, 5.41) is 0.717. The fraction of sp³-hybridized carbons (Fsp3) is 0.278. The van der Waals surface area contributed by atoms with Crippen molar-refractivity contribution in [3.8, 4) is 5.75 Å². The predicted molar refractivity (Wildman–Crippen MR) is 86.1 cm³/mol. The van der Waals surface area contributed by atoms with Crippen LogP contribution in [0.2, 0.25) is 5.02 Å². The van der Waals surface area contributed by atoms with Gasteiger partial charge in [-0.05, 0) is 56.0 Å². The zero-order chi connectivity index (χ0) is 15.4. The Kier molecular flexibility index (Phi) is 5.03. The molecule has 21 heavy (non-hydrogen) atoms. The zero-order valence-electron chi connectivity index (χ0n) is 12.6. The summed E-state index contributed by atoms with van der Waals surface area (Å²) in [5.74, 6) is 0.333. The molecule has 0 aliphatic heterocycles. The summed E-state index contributed by atoms with van der Waals surface area (Å²) in [5.41, 5.74) is 4.19. The highest BCUT2D eigenvalue weighted by Crippen LogP contribution is 2.26. The van der Waals surface area contributed by atoms with Gasteiger partial charge in [-0.3, -0.25) is 4.79 Å². The maximum Gasteiger partial charge on any atom is 0.311 e. The maximum atomic E-state index is 11.9. The SMILES string of the molecule is Cc1ccc(CCC(=O)Oc2cc(C)c(Cl)c(C)c2)cc1. The average molecular weight is 303 g/mol. The molecule has 0 amide bonds. The molecule has 0 saturated carbocycles. The molecule has 2 aromatic rings. The summed E-state index contributed by atoms with van der Waals surface area (Å²) in [6.45, 7) is 5.85. The molecule has 2 nitrogen and oxygen atoms in total. The van der Waals surface area contributed by atoms with E-state index in [1.807, 2.05) is 45.0 Å². The van der Waals surface area contributed by atoms with Gasteiger partial charge >= 0.3 is 5.97 Å². The van der Waals surface area contributed by atoms with Gasteiger partial charge in [0.25, 0.3) is 0 Å². The molecule has 0 radical (unpaired) electrons. The molecular weight excluding hydrogens is 284 g/mol. The molecule has 0 spiro atoms. The van der Waals surface area contributed by atoms with Gasteiger partial charge < -0.3 is 4.74 Å². The molecule has 0 saturated heterocycles. The number of rotatable bonds is 4. The quantitative estimate of drug-likeness (QED) is 0.599. The molecule has 0 aliphatic rings. The van der Waals surface area contributed by atoms with Crippen LogP contribution in [-0.2, 0) is 11.2 Å². The maximum absolute atomic E-state index is 11.9. The van der Waals surface area contributed by atoms with Crippen LogP contribution in [0.1, 0.15) is 28.7 Å². The number of ether oxygens (including phenoxy) is 1. The lowest BCUT2D eigenvalue weighted by Gasteiger charge is -2.08. The molecule has 0 atom stereocenters. The van der Waals surface area contributed by atoms with Crippen LogP contribution in [0.3, 0.4) is 0 Å². The third-order valence-corrected chi connectivity index (χ3v) is 3.98. The summed E-state index contributed by atoms with van der Waals surface area (Å²) < 4.78 is 5.38. The van der Waals surface area contributed by atoms with Crippen molar-refractivity contribution in [1.29, 1.82) is 0 Å². The number of benzene rings is 2. The third kappa shape index (κ3) is 4.33. The summed E-state index contributed by atoms with van der Waals surface area (Å²) in [6, 6.07) is 11.8. The Bertz CT molecular complexity index is 622. The smallest absolute Gasteiger partial charge is 0.311 e. The second kappa shape index (κ2) is 6.77. The fourth-order valence-corrected chi connectivity index (χ4v) is 2.26. The van der Waals surface area contributed by atoms with Gasteiger partial charge in [-0.15, -0.1) is 0 Å². The van der Waals surface area contributed by atoms with E-state index in [0.29, 0.717) is 18.6 Å². The first-order valence-electron chi connectivity index (χ1n) is 6.98. The number of hydrogen-bond donors (Lipinski definition) is 0. The van der Waals surface area contributed by atoms with Crippen LogP contribution in [0.25, 0.3) is 0 Å². The highest BCUT2D eigenvalue weighted by Gasteiger charge is 2.08. The highest BCUT2D eigenvalue weighted by atomic mass is 35.5. The Labute approximate surface area is 130 Å². The van der Waals surface area contributed by atoms with Crippen molar-refractivity contribution in [2.24, 2.45) is 0 Å². The molecule has 0 unspecified atom stereocenters. The van der Waals surface area contributed by atoms with E-state index in [1.54, 1.807) is 12.1 Å². The van der Waals surface area contributed by atoms with E-state index in [-0.39, 0.29) is 5.97 Å². The highest BCUT2D eigenvalue weighted by molar-refractivity contribution is 6.32. The zero-order valence-corrected chi connectivity index (χ0v) is 13.3. The predicted octanol–water partition coefficient (Wildman–Crippen LogP) is 4.80. The fourth-order valence-electron chi connectivity index (χ4n) is 2.15. The molecule has 3 heteroatoms. The lowest BCUT2D eigenvalue weighted by molar-refractivity contribution is -0.134. The monoisotopic (exact) mass is 302 g/mol. The van der Waals surface area contributed by atoms with Gasteiger partial charge in [0.2, 0.25) is 0 Å². The van der Waals surface area contributed by atoms with E-state index in [2.05, 4.69) is 0 Å². The lowest BCUT2D eigenvalue weighted by atomic mass is 10.1. The minimum atomic E-state index is -0.225. The summed E-state index contributed by atoms with van der Waals surface area (Å²) in [6.07, 6.45) is 1.05. The first-order chi connectivity index (χ1) is 9.95. The molecular formula is C18H19ClO2. The van der Waals surface area contributed by atoms with E-state index in [0.717, 1.165) is 21.7 Å². The van der Waals surface area contributed by atoms with Gasteiger partial charge in [-0.2, -0.15) is 0 Å². The molecule has 0 heterocycles. The number of carbonyl (C=O) groups is 1. The minimum absolute atomic E-state index is 0.225. The second-order valence-electron chi connectivity index (χ2n) is 5.33. The molecule has 2 rings (SSSR count). The Balaban J connectivity index is 1.94. The molecule has 0 aromatic heterocycles. The van der Waals surface area contributed by atoms with Gasteiger partial charge in [-0.25, -0.2) is 0 Å². The van der Waals surface area contributed by atoms with Crippen LogP contribution in [0.4, 0.5) is 0 Å². The van der Waals surface area contributed by atoms with Gasteiger partial charge in [0.15, 0.2) is 0 Å². The Morgan fingerprint density at radius 1 is 1.05 bits per heavy atom. The van der Waals surface area contributed by atoms with Crippen molar-refractivity contribution in [3.63, 3.8) is 0 Å². The van der Waals surface area contributed by atoms with Crippen LogP contribution < -0.4 is 4.74 Å². The van der Waals surface area contributed by atoms with Gasteiger partial charge in [0, 0.05) is 11.4 Å². The molecule has 0 N–H and O–H groups in total. The Morgan fingerprint density at radius 2 is 1.62 bits per heavy atom. The molecule has 0 fully saturated rings. The van der Waals surface area contributed by atoms with Crippen LogP contribution in [0.15, 0.2) is 36.4 Å². The van der Waals surface area contributed by atoms with Gasteiger partial charge in [0.1, 0.15) is 5.75 Å². The van der Waals surface area contributed by atoms with Crippen molar-refractivity contribution >= 4 is 17.6 Å². The van der Waals surface area contributed by atoms with E-state index in [1.165, 1.54) is 5.56 Å². The number of halogens is 1. The van der Waals surface area contributed by atoms with Crippen molar-refractivity contribution in [3.05, 3.63) is 63.7 Å². The van der Waals surface area contributed by atoms with Gasteiger partial charge in [0.05, 0.1) is 0 Å². The van der Waals surface area contributed by atoms with Crippen LogP contribution in [0, 0.1) is 20.8 Å². The Morgan fingerprint density at radius 3 is 2.19 bits per heavy atom. The number of carbonyl (C=O) groups excluding carboxylic acids is 1. The van der Waals surface area contributed by atoms with Crippen LogP contribution in [0.5, 0.6) is 5.75 Å². The first-order valence-corrected chi connectivity index (χ1v) is 7.36. The van der Waals surface area contributed by atoms with E-state index in [4.69, 9.17) is 16.3 Å². The topological polar surface area (TPSA) is 26.3 Å². The largest absolute Gasteiger partial charge is 0.426 e. The molecule has 0 bridgehead atoms. The average Bonchev–Trinajstić information content (AvgIpc) is 2.44. The van der Waals surface area contributed by atoms with E-state index < -0.39 is 0 Å². The lowest BCUT2D eigenvalue weighted by Crippen LogP contribution is -2.09. The molecule has 110 valence electrons. The van der Waals surface area contributed by atoms with Gasteiger partial charge in [-0.1, -0.05) is 41.4 Å². The Hall–Kier alpha value is -1.80. The number of aryl methyl sites for hydroxylation is 4. The standard InChI is InChI=1S/C18H19ClO2/c1-12-4-6-15(7-5-12)8-9-17(20)21-16-10-13(2)18(19)14(3)11-16/h4-7,10-11H,8-9H2,1-3H3. The summed E-state index contributed by atoms with van der Waals surface area (Å²) in [7, 11) is 0. The van der Waals surface area contributed by atoms with Crippen molar-refractivity contribution in [1.82, 2.24) is 0 Å². The minimum Gasteiger partial charge on any atom is -0.426 e. The second-order valence-corrected chi connectivity index (χ2v) is 5.71. The first kappa shape index (κ1) is 15.6. The molecule has 2 aromatic carbocycles. The van der Waals surface area contributed by atoms with Crippen LogP contribution >= 0.6 is 11.6 Å². The third-order valence-electron chi connectivity index (χ3n) is 3.38. The van der Waals surface area contributed by atoms with Crippen LogP contribution in [-0.4, -0.2) is 5.97 Å². The number of esters is 1. The number of hydrogen-bond acceptors (Lipinski definition) is 2. The molecule has 0 aliphatic carbocycles. The van der Waals surface area contributed by atoms with Crippen molar-refractivity contribution < 1.29 is 9.53 Å². The van der Waals surface area contributed by atoms with E-state index >= 15 is 0 Å². The summed E-state index contributed by atoms with van der Waals surface area (Å²) in [4.78, 5) is 11.9. The normalized spacial score (nSPS) is 10.5. The van der Waals surface area contributed by atoms with E-state index in [9.17, 15) is 4.79 Å². The summed E-state index contributed by atoms with van der Waals surface area (Å²) >= 11 is 6.10. The van der Waals surface area contributed by atoms with Crippen molar-refractivity contribution in [2.75, 3.05) is 0 Å².